The summed E-state index contributed by atoms with van der Waals surface area (Å²) in [7, 11) is 1.29. The lowest BCUT2D eigenvalue weighted by molar-refractivity contribution is 0.0319. The zero-order chi connectivity index (χ0) is 22.7. The molecule has 0 saturated carbocycles. The predicted molar refractivity (Wildman–Crippen MR) is 120 cm³/mol. The van der Waals surface area contributed by atoms with Crippen molar-refractivity contribution >= 4 is 0 Å². The van der Waals surface area contributed by atoms with Crippen LogP contribution in [-0.2, 0) is 4.74 Å². The molecule has 2 unspecified atom stereocenters. The molecule has 1 aliphatic heterocycles. The molecule has 0 bridgehead atoms. The van der Waals surface area contributed by atoms with Crippen molar-refractivity contribution in [2.75, 3.05) is 13.7 Å². The Bertz CT molecular complexity index is 1110. The number of hydrogen-bond donors (Lipinski definition) is 0. The van der Waals surface area contributed by atoms with Crippen LogP contribution in [0.4, 0.5) is 13.2 Å². The second kappa shape index (κ2) is 9.61. The van der Waals surface area contributed by atoms with E-state index < -0.39 is 11.6 Å². The minimum Gasteiger partial charge on any atom is -0.494 e. The lowest BCUT2D eigenvalue weighted by Gasteiger charge is -2.28. The van der Waals surface area contributed by atoms with Crippen LogP contribution >= 0.6 is 0 Å². The maximum atomic E-state index is 14.9. The fourth-order valence-corrected chi connectivity index (χ4v) is 4.18. The molecule has 0 amide bonds. The van der Waals surface area contributed by atoms with Crippen molar-refractivity contribution in [3.63, 3.8) is 0 Å². The average Bonchev–Trinajstić information content (AvgIpc) is 2.82. The Morgan fingerprint density at radius 1 is 0.875 bits per heavy atom. The number of benzene rings is 3. The monoisotopic (exact) mass is 438 g/mol. The number of allylic oxidation sites excluding steroid dienone is 1. The zero-order valence-corrected chi connectivity index (χ0v) is 18.1. The summed E-state index contributed by atoms with van der Waals surface area (Å²) in [4.78, 5) is 0. The van der Waals surface area contributed by atoms with Gasteiger partial charge in [-0.2, -0.15) is 4.39 Å². The molecule has 0 spiro atoms. The predicted octanol–water partition coefficient (Wildman–Crippen LogP) is 7.29. The molecule has 0 N–H and O–H groups in total. The van der Waals surface area contributed by atoms with Gasteiger partial charge in [-0.25, -0.2) is 8.78 Å². The van der Waals surface area contributed by atoms with Crippen molar-refractivity contribution in [1.82, 2.24) is 0 Å². The molecule has 0 radical (unpaired) electrons. The van der Waals surface area contributed by atoms with Crippen LogP contribution in [0.25, 0.3) is 22.3 Å². The summed E-state index contributed by atoms with van der Waals surface area (Å²) in [6, 6.07) is 15.0. The van der Waals surface area contributed by atoms with Crippen LogP contribution in [0.15, 0.2) is 66.7 Å². The van der Waals surface area contributed by atoms with Gasteiger partial charge in [0, 0.05) is 11.5 Å². The maximum absolute atomic E-state index is 14.9. The second-order valence-electron chi connectivity index (χ2n) is 7.93. The van der Waals surface area contributed by atoms with Gasteiger partial charge in [-0.1, -0.05) is 48.6 Å². The lowest BCUT2D eigenvalue weighted by Crippen LogP contribution is -2.23. The molecule has 4 rings (SSSR count). The van der Waals surface area contributed by atoms with E-state index in [1.165, 1.54) is 25.3 Å². The summed E-state index contributed by atoms with van der Waals surface area (Å²) in [6.07, 6.45) is 5.88. The van der Waals surface area contributed by atoms with Crippen molar-refractivity contribution in [2.24, 2.45) is 0 Å². The van der Waals surface area contributed by atoms with Crippen LogP contribution in [-0.4, -0.2) is 19.8 Å². The summed E-state index contributed by atoms with van der Waals surface area (Å²) in [5.41, 5.74) is 2.86. The average molecular weight is 438 g/mol. The van der Waals surface area contributed by atoms with Gasteiger partial charge in [-0.15, -0.1) is 0 Å². The van der Waals surface area contributed by atoms with Crippen LogP contribution < -0.4 is 4.74 Å². The van der Waals surface area contributed by atoms with Crippen molar-refractivity contribution in [2.45, 2.75) is 31.8 Å². The third-order valence-corrected chi connectivity index (χ3v) is 5.95. The smallest absolute Gasteiger partial charge is 0.201 e. The number of rotatable bonds is 5. The first-order valence-electron chi connectivity index (χ1n) is 10.7. The number of halogens is 3. The number of hydrogen-bond acceptors (Lipinski definition) is 2. The summed E-state index contributed by atoms with van der Waals surface area (Å²) in [6.45, 7) is 2.47. The number of methoxy groups -OCH3 is 1. The van der Waals surface area contributed by atoms with Gasteiger partial charge in [0.2, 0.25) is 5.82 Å². The first-order chi connectivity index (χ1) is 15.5. The van der Waals surface area contributed by atoms with Crippen LogP contribution in [0.2, 0.25) is 0 Å². The van der Waals surface area contributed by atoms with Gasteiger partial charge in [-0.3, -0.25) is 0 Å². The molecule has 5 heteroatoms. The van der Waals surface area contributed by atoms with Crippen LogP contribution in [0.3, 0.4) is 0 Å². The fraction of sp³-hybridized carbons (Fsp3) is 0.259. The van der Waals surface area contributed by atoms with E-state index in [1.807, 2.05) is 31.2 Å². The molecular weight excluding hydrogens is 413 g/mol. The van der Waals surface area contributed by atoms with E-state index in [2.05, 4.69) is 0 Å². The lowest BCUT2D eigenvalue weighted by atomic mass is 9.89. The summed E-state index contributed by atoms with van der Waals surface area (Å²) in [5.74, 6) is -2.33. The van der Waals surface area contributed by atoms with Gasteiger partial charge in [0.15, 0.2) is 11.6 Å². The van der Waals surface area contributed by atoms with Gasteiger partial charge >= 0.3 is 0 Å². The SMILES string of the molecule is C/C=C/C1CCC(c2ccc(-c3ccc(-c4ccc(OC)c(F)c4F)cc3)cc2F)CO1. The Kier molecular flexibility index (Phi) is 6.66. The van der Waals surface area contributed by atoms with Gasteiger partial charge < -0.3 is 9.47 Å². The molecule has 3 aromatic rings. The van der Waals surface area contributed by atoms with E-state index in [-0.39, 0.29) is 29.2 Å². The fourth-order valence-electron chi connectivity index (χ4n) is 4.18. The summed E-state index contributed by atoms with van der Waals surface area (Å²) < 4.78 is 54.0. The minimum absolute atomic E-state index is 0.0425. The van der Waals surface area contributed by atoms with Crippen LogP contribution in [0.1, 0.15) is 31.2 Å². The van der Waals surface area contributed by atoms with Crippen LogP contribution in [0.5, 0.6) is 5.75 Å². The van der Waals surface area contributed by atoms with E-state index >= 15 is 0 Å². The molecule has 1 heterocycles. The molecular formula is C27H25F3O2. The molecule has 2 nitrogen and oxygen atoms in total. The van der Waals surface area contributed by atoms with E-state index in [0.717, 1.165) is 24.0 Å². The van der Waals surface area contributed by atoms with Crippen molar-refractivity contribution in [3.05, 3.63) is 89.8 Å². The molecule has 0 aromatic heterocycles. The third kappa shape index (κ3) is 4.44. The Hall–Kier alpha value is -3.05. The van der Waals surface area contributed by atoms with Gasteiger partial charge in [0.05, 0.1) is 19.8 Å². The third-order valence-electron chi connectivity index (χ3n) is 5.95. The summed E-state index contributed by atoms with van der Waals surface area (Å²) in [5, 5.41) is 0. The van der Waals surface area contributed by atoms with Crippen LogP contribution in [0, 0.1) is 17.5 Å². The Balaban J connectivity index is 1.53. The van der Waals surface area contributed by atoms with Gasteiger partial charge in [-0.05, 0) is 60.2 Å². The molecule has 2 atom stereocenters. The van der Waals surface area contributed by atoms with E-state index in [4.69, 9.17) is 9.47 Å². The Morgan fingerprint density at radius 3 is 2.22 bits per heavy atom. The molecule has 166 valence electrons. The standard InChI is InChI=1S/C27H25F3O2/c1-3-4-21-11-9-20(16-32-21)22-12-10-19(15-24(22)28)17-5-7-18(8-6-17)23-13-14-25(31-2)27(30)26(23)29/h3-8,10,12-15,20-21H,9,11,16H2,1-2H3/b4-3+. The normalized spacial score (nSPS) is 18.8. The maximum Gasteiger partial charge on any atom is 0.201 e. The quantitative estimate of drug-likeness (QED) is 0.390. The van der Waals surface area contributed by atoms with E-state index in [1.54, 1.807) is 24.3 Å². The topological polar surface area (TPSA) is 18.5 Å². The first-order valence-corrected chi connectivity index (χ1v) is 10.7. The molecule has 3 aromatic carbocycles. The van der Waals surface area contributed by atoms with E-state index in [9.17, 15) is 13.2 Å². The first kappa shape index (κ1) is 22.2. The highest BCUT2D eigenvalue weighted by Crippen LogP contribution is 2.34. The Labute approximate surface area is 186 Å². The Morgan fingerprint density at radius 2 is 1.59 bits per heavy atom. The molecule has 0 aliphatic carbocycles. The second-order valence-corrected chi connectivity index (χ2v) is 7.93. The minimum atomic E-state index is -1.02. The van der Waals surface area contributed by atoms with Crippen molar-refractivity contribution < 1.29 is 22.6 Å². The summed E-state index contributed by atoms with van der Waals surface area (Å²) >= 11 is 0. The van der Waals surface area contributed by atoms with Gasteiger partial charge in [0.25, 0.3) is 0 Å². The van der Waals surface area contributed by atoms with Crippen molar-refractivity contribution in [3.8, 4) is 28.0 Å². The number of ether oxygens (including phenoxy) is 2. The highest BCUT2D eigenvalue weighted by Gasteiger charge is 2.24. The highest BCUT2D eigenvalue weighted by atomic mass is 19.2. The molecule has 32 heavy (non-hydrogen) atoms. The molecule has 1 aliphatic rings. The van der Waals surface area contributed by atoms with Gasteiger partial charge in [0.1, 0.15) is 5.82 Å². The molecule has 1 saturated heterocycles. The molecule has 1 fully saturated rings. The van der Waals surface area contributed by atoms with Crippen molar-refractivity contribution in [1.29, 1.82) is 0 Å². The highest BCUT2D eigenvalue weighted by molar-refractivity contribution is 5.71. The largest absolute Gasteiger partial charge is 0.494 e. The zero-order valence-electron chi connectivity index (χ0n) is 18.1. The van der Waals surface area contributed by atoms with E-state index in [0.29, 0.717) is 17.7 Å².